The number of anilines is 1. The molecule has 4 amide bonds. The first-order valence-corrected chi connectivity index (χ1v) is 8.39. The van der Waals surface area contributed by atoms with E-state index < -0.39 is 18.0 Å². The fourth-order valence-electron chi connectivity index (χ4n) is 2.68. The van der Waals surface area contributed by atoms with Gasteiger partial charge in [0.1, 0.15) is 0 Å². The van der Waals surface area contributed by atoms with Gasteiger partial charge in [0.25, 0.3) is 5.91 Å². The van der Waals surface area contributed by atoms with Crippen LogP contribution in [-0.4, -0.2) is 60.1 Å². The summed E-state index contributed by atoms with van der Waals surface area (Å²) in [4.78, 5) is 37.4. The molecule has 1 saturated heterocycles. The number of β-amino-alcohol motifs (C(OH)–C–C–N with tert-alkyl or cyclic N) is 1. The molecule has 0 radical (unpaired) electrons. The summed E-state index contributed by atoms with van der Waals surface area (Å²) in [7, 11) is 0. The van der Waals surface area contributed by atoms with Crippen LogP contribution in [0.5, 0.6) is 0 Å². The first-order valence-electron chi connectivity index (χ1n) is 8.39. The molecular formula is C17H24N4O4. The Kier molecular flexibility index (Phi) is 6.76. The van der Waals surface area contributed by atoms with Gasteiger partial charge in [-0.1, -0.05) is 12.1 Å². The third kappa shape index (κ3) is 5.46. The average molecular weight is 348 g/mol. The molecule has 1 atom stereocenters. The molecule has 2 rings (SSSR count). The van der Waals surface area contributed by atoms with Gasteiger partial charge in [0, 0.05) is 25.3 Å². The Morgan fingerprint density at radius 1 is 1.28 bits per heavy atom. The highest BCUT2D eigenvalue weighted by Gasteiger charge is 2.24. The van der Waals surface area contributed by atoms with Crippen molar-refractivity contribution in [2.45, 2.75) is 25.9 Å². The maximum atomic E-state index is 12.7. The molecule has 1 aliphatic rings. The first-order chi connectivity index (χ1) is 12.0. The van der Waals surface area contributed by atoms with Crippen LogP contribution >= 0.6 is 0 Å². The van der Waals surface area contributed by atoms with E-state index in [1.807, 2.05) is 0 Å². The summed E-state index contributed by atoms with van der Waals surface area (Å²) in [5.41, 5.74) is 0.945. The van der Waals surface area contributed by atoms with Crippen LogP contribution in [-0.2, 0) is 4.79 Å². The van der Waals surface area contributed by atoms with E-state index in [9.17, 15) is 19.5 Å². The van der Waals surface area contributed by atoms with E-state index in [-0.39, 0.29) is 12.5 Å². The van der Waals surface area contributed by atoms with Crippen LogP contribution < -0.4 is 16.0 Å². The molecule has 0 bridgehead atoms. The number of hydrogen-bond acceptors (Lipinski definition) is 5. The molecule has 1 aromatic rings. The summed E-state index contributed by atoms with van der Waals surface area (Å²) in [5.74, 6) is -0.687. The zero-order valence-electron chi connectivity index (χ0n) is 14.2. The van der Waals surface area contributed by atoms with Crippen molar-refractivity contribution in [3.05, 3.63) is 29.8 Å². The number of piperidine rings is 1. The van der Waals surface area contributed by atoms with Crippen molar-refractivity contribution < 1.29 is 19.5 Å². The second kappa shape index (κ2) is 9.03. The highest BCUT2D eigenvalue weighted by Crippen LogP contribution is 2.20. The number of amides is 4. The van der Waals surface area contributed by atoms with E-state index in [0.29, 0.717) is 37.3 Å². The van der Waals surface area contributed by atoms with Gasteiger partial charge in [-0.15, -0.1) is 0 Å². The molecule has 1 heterocycles. The van der Waals surface area contributed by atoms with Crippen LogP contribution in [0.25, 0.3) is 0 Å². The van der Waals surface area contributed by atoms with Gasteiger partial charge in [-0.2, -0.15) is 0 Å². The summed E-state index contributed by atoms with van der Waals surface area (Å²) < 4.78 is 0. The summed E-state index contributed by atoms with van der Waals surface area (Å²) in [6.45, 7) is 2.95. The molecule has 0 aliphatic carbocycles. The average Bonchev–Trinajstić information content (AvgIpc) is 2.60. The molecule has 25 heavy (non-hydrogen) atoms. The van der Waals surface area contributed by atoms with Crippen molar-refractivity contribution in [2.75, 3.05) is 31.5 Å². The van der Waals surface area contributed by atoms with Crippen molar-refractivity contribution >= 4 is 23.5 Å². The Morgan fingerprint density at radius 2 is 2.04 bits per heavy atom. The standard InChI is InChI=1S/C17H24N4O4/c1-2-18-17(25)20-15(23)10-19-14-8-4-3-7-13(14)16(24)21-9-5-6-12(22)11-21/h3-4,7-8,12,19,22H,2,5-6,9-11H2,1H3,(H2,18,20,23,25). The molecule has 4 N–H and O–H groups in total. The molecule has 1 aromatic carbocycles. The summed E-state index contributed by atoms with van der Waals surface area (Å²) in [6, 6.07) is 6.32. The monoisotopic (exact) mass is 348 g/mol. The second-order valence-corrected chi connectivity index (χ2v) is 5.85. The van der Waals surface area contributed by atoms with Gasteiger partial charge in [-0.3, -0.25) is 14.9 Å². The first kappa shape index (κ1) is 18.7. The minimum absolute atomic E-state index is 0.135. The molecule has 0 spiro atoms. The normalized spacial score (nSPS) is 16.9. The largest absolute Gasteiger partial charge is 0.391 e. The maximum absolute atomic E-state index is 12.7. The highest BCUT2D eigenvalue weighted by molar-refractivity contribution is 6.01. The van der Waals surface area contributed by atoms with Crippen molar-refractivity contribution in [1.82, 2.24) is 15.5 Å². The van der Waals surface area contributed by atoms with Gasteiger partial charge in [0.2, 0.25) is 5.91 Å². The van der Waals surface area contributed by atoms with Crippen molar-refractivity contribution in [3.8, 4) is 0 Å². The van der Waals surface area contributed by atoms with Crippen LogP contribution in [0.4, 0.5) is 10.5 Å². The van der Waals surface area contributed by atoms with Crippen LogP contribution in [0.1, 0.15) is 30.1 Å². The number of nitrogens with one attached hydrogen (secondary N) is 3. The second-order valence-electron chi connectivity index (χ2n) is 5.85. The van der Waals surface area contributed by atoms with E-state index in [0.717, 1.165) is 6.42 Å². The van der Waals surface area contributed by atoms with Gasteiger partial charge >= 0.3 is 6.03 Å². The number of carbonyl (C=O) groups excluding carboxylic acids is 3. The van der Waals surface area contributed by atoms with Crippen LogP contribution in [0.2, 0.25) is 0 Å². The van der Waals surface area contributed by atoms with Gasteiger partial charge in [-0.25, -0.2) is 4.79 Å². The van der Waals surface area contributed by atoms with E-state index in [1.165, 1.54) is 0 Å². The highest BCUT2D eigenvalue weighted by atomic mass is 16.3. The minimum atomic E-state index is -0.555. The predicted octanol–water partition coefficient (Wildman–Crippen LogP) is 0.541. The Bertz CT molecular complexity index is 635. The summed E-state index contributed by atoms with van der Waals surface area (Å²) >= 11 is 0. The lowest BCUT2D eigenvalue weighted by Crippen LogP contribution is -2.43. The Morgan fingerprint density at radius 3 is 2.76 bits per heavy atom. The number of para-hydroxylation sites is 1. The number of aliphatic hydroxyl groups is 1. The van der Waals surface area contributed by atoms with Gasteiger partial charge in [-0.05, 0) is 31.9 Å². The number of likely N-dealkylation sites (tertiary alicyclic amines) is 1. The topological polar surface area (TPSA) is 111 Å². The fraction of sp³-hybridized carbons (Fsp3) is 0.471. The zero-order chi connectivity index (χ0) is 18.2. The number of aliphatic hydroxyl groups excluding tert-OH is 1. The summed E-state index contributed by atoms with van der Waals surface area (Å²) in [6.07, 6.45) is 0.960. The lowest BCUT2D eigenvalue weighted by molar-refractivity contribution is -0.118. The van der Waals surface area contributed by atoms with Crippen LogP contribution in [0, 0.1) is 0 Å². The molecule has 8 heteroatoms. The zero-order valence-corrected chi connectivity index (χ0v) is 14.2. The number of urea groups is 1. The van der Waals surface area contributed by atoms with E-state index in [2.05, 4.69) is 16.0 Å². The number of hydrogen-bond donors (Lipinski definition) is 4. The Balaban J connectivity index is 1.99. The van der Waals surface area contributed by atoms with E-state index >= 15 is 0 Å². The van der Waals surface area contributed by atoms with Crippen LogP contribution in [0.3, 0.4) is 0 Å². The number of nitrogens with zero attached hydrogens (tertiary/aromatic N) is 1. The number of rotatable bonds is 5. The third-order valence-corrected chi connectivity index (χ3v) is 3.87. The predicted molar refractivity (Wildman–Crippen MR) is 93.3 cm³/mol. The van der Waals surface area contributed by atoms with Gasteiger partial charge < -0.3 is 20.6 Å². The molecule has 1 aliphatic heterocycles. The minimum Gasteiger partial charge on any atom is -0.391 e. The van der Waals surface area contributed by atoms with Crippen molar-refractivity contribution in [1.29, 1.82) is 0 Å². The molecule has 136 valence electrons. The smallest absolute Gasteiger partial charge is 0.321 e. The molecular weight excluding hydrogens is 324 g/mol. The molecule has 0 aromatic heterocycles. The number of carbonyl (C=O) groups is 3. The SMILES string of the molecule is CCNC(=O)NC(=O)CNc1ccccc1C(=O)N1CCCC(O)C1. The van der Waals surface area contributed by atoms with Crippen molar-refractivity contribution in [3.63, 3.8) is 0 Å². The third-order valence-electron chi connectivity index (χ3n) is 3.87. The molecule has 0 saturated carbocycles. The van der Waals surface area contributed by atoms with E-state index in [1.54, 1.807) is 36.1 Å². The Labute approximate surface area is 146 Å². The number of imide groups is 1. The molecule has 1 unspecified atom stereocenters. The fourth-order valence-corrected chi connectivity index (χ4v) is 2.68. The molecule has 1 fully saturated rings. The van der Waals surface area contributed by atoms with Gasteiger partial charge in [0.15, 0.2) is 0 Å². The quantitative estimate of drug-likeness (QED) is 0.621. The van der Waals surface area contributed by atoms with Crippen molar-refractivity contribution in [2.24, 2.45) is 0 Å². The lowest BCUT2D eigenvalue weighted by atomic mass is 10.1. The van der Waals surface area contributed by atoms with Crippen LogP contribution in [0.15, 0.2) is 24.3 Å². The molecule has 8 nitrogen and oxygen atoms in total. The van der Waals surface area contributed by atoms with Gasteiger partial charge in [0.05, 0.1) is 18.2 Å². The maximum Gasteiger partial charge on any atom is 0.321 e. The summed E-state index contributed by atoms with van der Waals surface area (Å²) in [5, 5.41) is 17.3. The Hall–Kier alpha value is -2.61. The lowest BCUT2D eigenvalue weighted by Gasteiger charge is -2.30. The number of benzene rings is 1. The van der Waals surface area contributed by atoms with E-state index in [4.69, 9.17) is 0 Å².